The highest BCUT2D eigenvalue weighted by molar-refractivity contribution is 5.84. The molecule has 1 amide bonds. The molecule has 2 fully saturated rings. The van der Waals surface area contributed by atoms with Gasteiger partial charge >= 0.3 is 0 Å². The van der Waals surface area contributed by atoms with Crippen LogP contribution >= 0.6 is 0 Å². The number of amides is 1. The van der Waals surface area contributed by atoms with Gasteiger partial charge in [-0.05, 0) is 39.7 Å². The van der Waals surface area contributed by atoms with Crippen LogP contribution in [0.3, 0.4) is 0 Å². The minimum Gasteiger partial charge on any atom is -0.377 e. The minimum atomic E-state index is -0.544. The SMILES string of the molecule is CC1CC(NCC2CCCO2)(C(N)=O)CCN1C. The summed E-state index contributed by atoms with van der Waals surface area (Å²) in [6.07, 6.45) is 4.02. The molecule has 0 radical (unpaired) electrons. The summed E-state index contributed by atoms with van der Waals surface area (Å²) in [6.45, 7) is 4.63. The number of hydrogen-bond donors (Lipinski definition) is 2. The van der Waals surface area contributed by atoms with Crippen LogP contribution in [0.15, 0.2) is 0 Å². The first-order chi connectivity index (χ1) is 8.53. The third-order valence-electron chi connectivity index (χ3n) is 4.45. The van der Waals surface area contributed by atoms with Crippen LogP contribution in [0.25, 0.3) is 0 Å². The van der Waals surface area contributed by atoms with Crippen molar-refractivity contribution in [3.63, 3.8) is 0 Å². The molecule has 2 rings (SSSR count). The van der Waals surface area contributed by atoms with Crippen LogP contribution in [-0.2, 0) is 9.53 Å². The first-order valence-electron chi connectivity index (χ1n) is 6.90. The largest absolute Gasteiger partial charge is 0.377 e. The van der Waals surface area contributed by atoms with Crippen LogP contribution in [0.4, 0.5) is 0 Å². The number of primary amides is 1. The van der Waals surface area contributed by atoms with E-state index in [2.05, 4.69) is 24.2 Å². The summed E-state index contributed by atoms with van der Waals surface area (Å²) in [4.78, 5) is 14.1. The summed E-state index contributed by atoms with van der Waals surface area (Å²) in [7, 11) is 2.09. The summed E-state index contributed by atoms with van der Waals surface area (Å²) in [6, 6.07) is 0.378. The van der Waals surface area contributed by atoms with Gasteiger partial charge in [-0.1, -0.05) is 0 Å². The van der Waals surface area contributed by atoms with Gasteiger partial charge in [-0.15, -0.1) is 0 Å². The van der Waals surface area contributed by atoms with E-state index < -0.39 is 5.54 Å². The number of likely N-dealkylation sites (tertiary alicyclic amines) is 1. The van der Waals surface area contributed by atoms with E-state index in [1.165, 1.54) is 0 Å². The molecule has 2 heterocycles. The summed E-state index contributed by atoms with van der Waals surface area (Å²) in [5, 5.41) is 3.40. The molecule has 18 heavy (non-hydrogen) atoms. The Balaban J connectivity index is 1.96. The fraction of sp³-hybridized carbons (Fsp3) is 0.923. The average molecular weight is 255 g/mol. The lowest BCUT2D eigenvalue weighted by molar-refractivity contribution is -0.127. The molecule has 0 aliphatic carbocycles. The highest BCUT2D eigenvalue weighted by Gasteiger charge is 2.42. The zero-order valence-electron chi connectivity index (χ0n) is 11.4. The Morgan fingerprint density at radius 3 is 2.94 bits per heavy atom. The maximum Gasteiger partial charge on any atom is 0.237 e. The Labute approximate surface area is 109 Å². The molecule has 2 aliphatic heterocycles. The van der Waals surface area contributed by atoms with Crippen LogP contribution in [0.5, 0.6) is 0 Å². The topological polar surface area (TPSA) is 67.6 Å². The van der Waals surface area contributed by atoms with E-state index >= 15 is 0 Å². The van der Waals surface area contributed by atoms with Crippen LogP contribution < -0.4 is 11.1 Å². The Bertz CT molecular complexity index is 305. The molecule has 104 valence electrons. The fourth-order valence-electron chi connectivity index (χ4n) is 2.94. The molecule has 2 saturated heterocycles. The van der Waals surface area contributed by atoms with Crippen LogP contribution in [0.2, 0.25) is 0 Å². The first kappa shape index (κ1) is 13.8. The van der Waals surface area contributed by atoms with Gasteiger partial charge in [0.15, 0.2) is 0 Å². The molecule has 3 N–H and O–H groups in total. The second kappa shape index (κ2) is 5.55. The number of ether oxygens (including phenoxy) is 1. The van der Waals surface area contributed by atoms with Crippen molar-refractivity contribution in [3.05, 3.63) is 0 Å². The zero-order chi connectivity index (χ0) is 13.2. The van der Waals surface area contributed by atoms with Gasteiger partial charge in [0.05, 0.1) is 6.10 Å². The maximum absolute atomic E-state index is 11.8. The number of nitrogens with one attached hydrogen (secondary N) is 1. The van der Waals surface area contributed by atoms with Gasteiger partial charge in [-0.3, -0.25) is 4.79 Å². The van der Waals surface area contributed by atoms with Crippen molar-refractivity contribution in [1.29, 1.82) is 0 Å². The Hall–Kier alpha value is -0.650. The Morgan fingerprint density at radius 1 is 1.61 bits per heavy atom. The molecule has 5 nitrogen and oxygen atoms in total. The highest BCUT2D eigenvalue weighted by Crippen LogP contribution is 2.26. The molecule has 0 aromatic carbocycles. The van der Waals surface area contributed by atoms with Crippen molar-refractivity contribution >= 4 is 5.91 Å². The number of nitrogens with zero attached hydrogens (tertiary/aromatic N) is 1. The van der Waals surface area contributed by atoms with Crippen LogP contribution in [0.1, 0.15) is 32.6 Å². The van der Waals surface area contributed by atoms with Crippen LogP contribution in [-0.4, -0.2) is 55.2 Å². The predicted molar refractivity (Wildman–Crippen MR) is 70.2 cm³/mol. The van der Waals surface area contributed by atoms with Gasteiger partial charge in [0.2, 0.25) is 5.91 Å². The third kappa shape index (κ3) is 2.84. The van der Waals surface area contributed by atoms with E-state index in [4.69, 9.17) is 10.5 Å². The van der Waals surface area contributed by atoms with Gasteiger partial charge in [0.1, 0.15) is 5.54 Å². The predicted octanol–water partition coefficient (Wildman–Crippen LogP) is 0.0932. The lowest BCUT2D eigenvalue weighted by Gasteiger charge is -2.43. The molecule has 3 unspecified atom stereocenters. The van der Waals surface area contributed by atoms with Crippen molar-refractivity contribution in [3.8, 4) is 0 Å². The molecular weight excluding hydrogens is 230 g/mol. The molecule has 0 bridgehead atoms. The lowest BCUT2D eigenvalue weighted by Crippen LogP contribution is -2.63. The van der Waals surface area contributed by atoms with Crippen molar-refractivity contribution in [2.45, 2.75) is 50.3 Å². The van der Waals surface area contributed by atoms with Gasteiger partial charge < -0.3 is 20.7 Å². The molecule has 2 aliphatic rings. The minimum absolute atomic E-state index is 0.222. The number of nitrogens with two attached hydrogens (primary N) is 1. The van der Waals surface area contributed by atoms with E-state index in [0.717, 1.165) is 45.4 Å². The van der Waals surface area contributed by atoms with E-state index in [0.29, 0.717) is 6.04 Å². The van der Waals surface area contributed by atoms with Crippen molar-refractivity contribution < 1.29 is 9.53 Å². The van der Waals surface area contributed by atoms with Crippen molar-refractivity contribution in [1.82, 2.24) is 10.2 Å². The van der Waals surface area contributed by atoms with Crippen molar-refractivity contribution in [2.24, 2.45) is 5.73 Å². The molecule has 0 aromatic rings. The Kier molecular flexibility index (Phi) is 4.25. The number of carbonyl (C=O) groups excluding carboxylic acids is 1. The second-order valence-electron chi connectivity index (χ2n) is 5.75. The summed E-state index contributed by atoms with van der Waals surface area (Å²) >= 11 is 0. The normalized spacial score (nSPS) is 37.9. The molecule has 0 spiro atoms. The fourth-order valence-corrected chi connectivity index (χ4v) is 2.94. The summed E-state index contributed by atoms with van der Waals surface area (Å²) in [5.41, 5.74) is 5.09. The smallest absolute Gasteiger partial charge is 0.237 e. The molecule has 5 heteroatoms. The zero-order valence-corrected chi connectivity index (χ0v) is 11.4. The van der Waals surface area contributed by atoms with Gasteiger partial charge in [-0.25, -0.2) is 0 Å². The Morgan fingerprint density at radius 2 is 2.39 bits per heavy atom. The standard InChI is InChI=1S/C13H25N3O2/c1-10-8-13(12(14)17,5-6-16(10)2)15-9-11-4-3-7-18-11/h10-11,15H,3-9H2,1-2H3,(H2,14,17). The molecule has 0 aromatic heterocycles. The number of piperidine rings is 1. The lowest BCUT2D eigenvalue weighted by atomic mass is 9.83. The molecule has 0 saturated carbocycles. The monoisotopic (exact) mass is 255 g/mol. The van der Waals surface area contributed by atoms with E-state index in [9.17, 15) is 4.79 Å². The summed E-state index contributed by atoms with van der Waals surface area (Å²) in [5.74, 6) is -0.222. The van der Waals surface area contributed by atoms with Crippen LogP contribution in [0, 0.1) is 0 Å². The van der Waals surface area contributed by atoms with E-state index in [1.54, 1.807) is 0 Å². The highest BCUT2D eigenvalue weighted by atomic mass is 16.5. The van der Waals surface area contributed by atoms with E-state index in [-0.39, 0.29) is 12.0 Å². The van der Waals surface area contributed by atoms with Gasteiger partial charge in [-0.2, -0.15) is 0 Å². The molecular formula is C13H25N3O2. The summed E-state index contributed by atoms with van der Waals surface area (Å²) < 4.78 is 5.59. The molecule has 3 atom stereocenters. The van der Waals surface area contributed by atoms with E-state index in [1.807, 2.05) is 0 Å². The van der Waals surface area contributed by atoms with Gasteiger partial charge in [0, 0.05) is 25.7 Å². The number of rotatable bonds is 4. The second-order valence-corrected chi connectivity index (χ2v) is 5.75. The van der Waals surface area contributed by atoms with Gasteiger partial charge in [0.25, 0.3) is 0 Å². The number of carbonyl (C=O) groups is 1. The number of hydrogen-bond acceptors (Lipinski definition) is 4. The third-order valence-corrected chi connectivity index (χ3v) is 4.45. The maximum atomic E-state index is 11.8. The quantitative estimate of drug-likeness (QED) is 0.747. The average Bonchev–Trinajstić information content (AvgIpc) is 2.84. The first-order valence-corrected chi connectivity index (χ1v) is 6.90. The van der Waals surface area contributed by atoms with Crippen molar-refractivity contribution in [2.75, 3.05) is 26.7 Å².